The molecule has 2 aromatic carbocycles. The van der Waals surface area contributed by atoms with Crippen LogP contribution in [0.5, 0.6) is 0 Å². The van der Waals surface area contributed by atoms with E-state index < -0.39 is 28.2 Å². The highest BCUT2D eigenvalue weighted by atomic mass is 19.2. The standard InChI is InChI=1S/C14H9F2NO4/c1-7-2-3-11(13(16)12(7)15)8-4-9(14(18)19)6-10(5-8)17(20)21/h2-6H,1H3,(H,18,19). The number of carbonyl (C=O) groups is 1. The zero-order chi connectivity index (χ0) is 15.7. The number of halogens is 2. The number of nitro groups is 1. The average molecular weight is 293 g/mol. The average Bonchev–Trinajstić information content (AvgIpc) is 2.44. The Balaban J connectivity index is 2.71. The lowest BCUT2D eigenvalue weighted by molar-refractivity contribution is -0.384. The summed E-state index contributed by atoms with van der Waals surface area (Å²) >= 11 is 0. The summed E-state index contributed by atoms with van der Waals surface area (Å²) in [4.78, 5) is 21.0. The van der Waals surface area contributed by atoms with Gasteiger partial charge in [-0.1, -0.05) is 12.1 Å². The van der Waals surface area contributed by atoms with Crippen LogP contribution in [0.15, 0.2) is 30.3 Å². The summed E-state index contributed by atoms with van der Waals surface area (Å²) < 4.78 is 27.5. The molecule has 108 valence electrons. The highest BCUT2D eigenvalue weighted by Crippen LogP contribution is 2.30. The number of hydrogen-bond acceptors (Lipinski definition) is 3. The van der Waals surface area contributed by atoms with Crippen molar-refractivity contribution in [3.8, 4) is 11.1 Å². The first-order chi connectivity index (χ1) is 9.81. The van der Waals surface area contributed by atoms with Crippen LogP contribution in [0.1, 0.15) is 15.9 Å². The van der Waals surface area contributed by atoms with Crippen LogP contribution < -0.4 is 0 Å². The zero-order valence-corrected chi connectivity index (χ0v) is 10.8. The molecule has 7 heteroatoms. The predicted octanol–water partition coefficient (Wildman–Crippen LogP) is 3.55. The minimum Gasteiger partial charge on any atom is -0.478 e. The maximum atomic E-state index is 13.9. The third-order valence-corrected chi connectivity index (χ3v) is 2.96. The topological polar surface area (TPSA) is 80.4 Å². The molecule has 0 saturated carbocycles. The predicted molar refractivity (Wildman–Crippen MR) is 70.1 cm³/mol. The molecule has 21 heavy (non-hydrogen) atoms. The van der Waals surface area contributed by atoms with Gasteiger partial charge >= 0.3 is 5.97 Å². The van der Waals surface area contributed by atoms with Crippen molar-refractivity contribution in [3.05, 3.63) is 63.2 Å². The van der Waals surface area contributed by atoms with Crippen LogP contribution in [-0.2, 0) is 0 Å². The normalized spacial score (nSPS) is 10.4. The summed E-state index contributed by atoms with van der Waals surface area (Å²) in [5, 5.41) is 19.8. The van der Waals surface area contributed by atoms with Crippen LogP contribution in [0.2, 0.25) is 0 Å². The molecular weight excluding hydrogens is 284 g/mol. The number of nitro benzene ring substituents is 1. The van der Waals surface area contributed by atoms with E-state index in [9.17, 15) is 23.7 Å². The van der Waals surface area contributed by atoms with Gasteiger partial charge in [-0.25, -0.2) is 13.6 Å². The van der Waals surface area contributed by atoms with Gasteiger partial charge in [0, 0.05) is 17.7 Å². The molecule has 2 rings (SSSR count). The Morgan fingerprint density at radius 3 is 2.43 bits per heavy atom. The molecule has 5 nitrogen and oxygen atoms in total. The van der Waals surface area contributed by atoms with E-state index in [4.69, 9.17) is 5.11 Å². The van der Waals surface area contributed by atoms with E-state index in [2.05, 4.69) is 0 Å². The van der Waals surface area contributed by atoms with Crippen molar-refractivity contribution in [1.29, 1.82) is 0 Å². The third-order valence-electron chi connectivity index (χ3n) is 2.96. The summed E-state index contributed by atoms with van der Waals surface area (Å²) in [7, 11) is 0. The van der Waals surface area contributed by atoms with E-state index in [-0.39, 0.29) is 22.3 Å². The molecule has 1 N–H and O–H groups in total. The van der Waals surface area contributed by atoms with E-state index in [0.717, 1.165) is 18.2 Å². The van der Waals surface area contributed by atoms with E-state index in [1.807, 2.05) is 0 Å². The summed E-state index contributed by atoms with van der Waals surface area (Å²) in [6.45, 7) is 1.37. The first kappa shape index (κ1) is 14.6. The molecule has 0 atom stereocenters. The lowest BCUT2D eigenvalue weighted by atomic mass is 10.00. The minimum atomic E-state index is -1.40. The Bertz CT molecular complexity index is 727. The van der Waals surface area contributed by atoms with Gasteiger partial charge in [0.1, 0.15) is 0 Å². The van der Waals surface area contributed by atoms with Crippen molar-refractivity contribution in [2.24, 2.45) is 0 Å². The van der Waals surface area contributed by atoms with Crippen LogP contribution in [0.25, 0.3) is 11.1 Å². The van der Waals surface area contributed by atoms with E-state index >= 15 is 0 Å². The summed E-state index contributed by atoms with van der Waals surface area (Å²) in [5.74, 6) is -3.64. The number of rotatable bonds is 3. The monoisotopic (exact) mass is 293 g/mol. The Morgan fingerprint density at radius 2 is 1.86 bits per heavy atom. The highest BCUT2D eigenvalue weighted by molar-refractivity contribution is 5.90. The number of benzene rings is 2. The summed E-state index contributed by atoms with van der Waals surface area (Å²) in [6, 6.07) is 5.47. The molecule has 0 aliphatic carbocycles. The smallest absolute Gasteiger partial charge is 0.335 e. The number of carboxylic acids is 1. The molecule has 0 radical (unpaired) electrons. The van der Waals surface area contributed by atoms with Crippen LogP contribution >= 0.6 is 0 Å². The molecule has 0 aromatic heterocycles. The molecule has 0 unspecified atom stereocenters. The number of hydrogen-bond donors (Lipinski definition) is 1. The number of carboxylic acid groups (broad SMARTS) is 1. The lowest BCUT2D eigenvalue weighted by Crippen LogP contribution is -2.00. The van der Waals surface area contributed by atoms with Crippen LogP contribution in [0, 0.1) is 28.7 Å². The largest absolute Gasteiger partial charge is 0.478 e. The van der Waals surface area contributed by atoms with Crippen LogP contribution in [0.4, 0.5) is 14.5 Å². The Labute approximate surface area is 117 Å². The first-order valence-electron chi connectivity index (χ1n) is 5.79. The van der Waals surface area contributed by atoms with Crippen molar-refractivity contribution in [3.63, 3.8) is 0 Å². The molecule has 0 aliphatic rings. The SMILES string of the molecule is Cc1ccc(-c2cc(C(=O)O)cc([N+](=O)[O-])c2)c(F)c1F. The lowest BCUT2D eigenvalue weighted by Gasteiger charge is -2.07. The second-order valence-electron chi connectivity index (χ2n) is 4.39. The van der Waals surface area contributed by atoms with Crippen molar-refractivity contribution in [1.82, 2.24) is 0 Å². The van der Waals surface area contributed by atoms with Gasteiger partial charge < -0.3 is 5.11 Å². The molecule has 0 aliphatic heterocycles. The zero-order valence-electron chi connectivity index (χ0n) is 10.8. The third kappa shape index (κ3) is 2.71. The molecule has 0 amide bonds. The van der Waals surface area contributed by atoms with Gasteiger partial charge in [0.15, 0.2) is 11.6 Å². The molecule has 0 heterocycles. The van der Waals surface area contributed by atoms with Crippen molar-refractivity contribution >= 4 is 11.7 Å². The van der Waals surface area contributed by atoms with Gasteiger partial charge in [-0.2, -0.15) is 0 Å². The number of nitrogens with zero attached hydrogens (tertiary/aromatic N) is 1. The fourth-order valence-corrected chi connectivity index (χ4v) is 1.86. The molecule has 0 spiro atoms. The Kier molecular flexibility index (Phi) is 3.66. The maximum Gasteiger partial charge on any atom is 0.335 e. The summed E-state index contributed by atoms with van der Waals surface area (Å²) in [5.41, 5.74) is -1.10. The fourth-order valence-electron chi connectivity index (χ4n) is 1.86. The maximum absolute atomic E-state index is 13.9. The second-order valence-corrected chi connectivity index (χ2v) is 4.39. The van der Waals surface area contributed by atoms with Crippen molar-refractivity contribution < 1.29 is 23.6 Å². The van der Waals surface area contributed by atoms with E-state index in [0.29, 0.717) is 0 Å². The number of aromatic carboxylic acids is 1. The van der Waals surface area contributed by atoms with Gasteiger partial charge in [0.2, 0.25) is 0 Å². The van der Waals surface area contributed by atoms with Gasteiger partial charge in [-0.15, -0.1) is 0 Å². The van der Waals surface area contributed by atoms with Gasteiger partial charge in [-0.3, -0.25) is 10.1 Å². The Morgan fingerprint density at radius 1 is 1.19 bits per heavy atom. The van der Waals surface area contributed by atoms with Gasteiger partial charge in [0.05, 0.1) is 10.5 Å². The second kappa shape index (κ2) is 5.28. The van der Waals surface area contributed by atoms with Gasteiger partial charge in [0.25, 0.3) is 5.69 Å². The van der Waals surface area contributed by atoms with E-state index in [1.165, 1.54) is 19.1 Å². The molecule has 2 aromatic rings. The quantitative estimate of drug-likeness (QED) is 0.693. The van der Waals surface area contributed by atoms with Gasteiger partial charge in [-0.05, 0) is 24.1 Å². The molecule has 0 fully saturated rings. The summed E-state index contributed by atoms with van der Waals surface area (Å²) in [6.07, 6.45) is 0. The number of non-ortho nitro benzene ring substituents is 1. The molecule has 0 saturated heterocycles. The fraction of sp³-hybridized carbons (Fsp3) is 0.0714. The van der Waals surface area contributed by atoms with Crippen molar-refractivity contribution in [2.45, 2.75) is 6.92 Å². The van der Waals surface area contributed by atoms with Crippen LogP contribution in [0.3, 0.4) is 0 Å². The van der Waals surface area contributed by atoms with Crippen LogP contribution in [-0.4, -0.2) is 16.0 Å². The Hall–Kier alpha value is -2.83. The molecular formula is C14H9F2NO4. The minimum absolute atomic E-state index is 0.0713. The van der Waals surface area contributed by atoms with E-state index in [1.54, 1.807) is 0 Å². The highest BCUT2D eigenvalue weighted by Gasteiger charge is 2.18. The number of aryl methyl sites for hydroxylation is 1. The first-order valence-corrected chi connectivity index (χ1v) is 5.79. The van der Waals surface area contributed by atoms with Crippen molar-refractivity contribution in [2.75, 3.05) is 0 Å². The molecule has 0 bridgehead atoms.